The van der Waals surface area contributed by atoms with Gasteiger partial charge < -0.3 is 14.4 Å². The number of rotatable bonds is 4. The lowest BCUT2D eigenvalue weighted by molar-refractivity contribution is -0.940. The number of piperidine rings is 2. The van der Waals surface area contributed by atoms with Crippen molar-refractivity contribution >= 4 is 5.97 Å². The van der Waals surface area contributed by atoms with Gasteiger partial charge in [-0.25, -0.2) is 4.79 Å². The van der Waals surface area contributed by atoms with Crippen molar-refractivity contribution in [1.82, 2.24) is 0 Å². The lowest BCUT2D eigenvalue weighted by Crippen LogP contribution is -3.18. The van der Waals surface area contributed by atoms with Crippen LogP contribution in [0.3, 0.4) is 0 Å². The van der Waals surface area contributed by atoms with E-state index >= 15 is 0 Å². The number of benzene rings is 1. The molecule has 0 aliphatic carbocycles. The SMILES string of the molecule is COc1ccc(C(=O)OCC2CCC[NH+]3CCCCC23)cc1. The number of esters is 1. The fraction of sp³-hybridized carbons (Fsp3) is 0.611. The summed E-state index contributed by atoms with van der Waals surface area (Å²) in [5.41, 5.74) is 0.601. The second kappa shape index (κ2) is 7.14. The predicted molar refractivity (Wildman–Crippen MR) is 84.3 cm³/mol. The van der Waals surface area contributed by atoms with Crippen LogP contribution in [0.1, 0.15) is 42.5 Å². The van der Waals surface area contributed by atoms with Crippen molar-refractivity contribution in [3.8, 4) is 5.75 Å². The van der Waals surface area contributed by atoms with Gasteiger partial charge in [0.25, 0.3) is 0 Å². The maximum atomic E-state index is 12.2. The molecule has 4 heteroatoms. The highest BCUT2D eigenvalue weighted by Gasteiger charge is 2.37. The van der Waals surface area contributed by atoms with Crippen LogP contribution in [0.2, 0.25) is 0 Å². The van der Waals surface area contributed by atoms with E-state index < -0.39 is 0 Å². The molecule has 0 aromatic heterocycles. The molecule has 0 spiro atoms. The summed E-state index contributed by atoms with van der Waals surface area (Å²) in [5, 5.41) is 0. The van der Waals surface area contributed by atoms with Crippen molar-refractivity contribution in [2.24, 2.45) is 5.92 Å². The molecule has 0 saturated carbocycles. The van der Waals surface area contributed by atoms with Crippen LogP contribution in [0.15, 0.2) is 24.3 Å². The summed E-state index contributed by atoms with van der Waals surface area (Å²) in [6.07, 6.45) is 6.43. The third-order valence-corrected chi connectivity index (χ3v) is 5.18. The number of quaternary nitrogens is 1. The first-order valence-corrected chi connectivity index (χ1v) is 8.43. The Kier molecular flexibility index (Phi) is 4.98. The van der Waals surface area contributed by atoms with Crippen molar-refractivity contribution in [2.45, 2.75) is 38.1 Å². The van der Waals surface area contributed by atoms with Crippen LogP contribution in [0.5, 0.6) is 5.75 Å². The van der Waals surface area contributed by atoms with E-state index in [-0.39, 0.29) is 5.97 Å². The number of carbonyl (C=O) groups is 1. The molecule has 3 unspecified atom stereocenters. The Balaban J connectivity index is 1.55. The third kappa shape index (κ3) is 3.43. The molecule has 3 atom stereocenters. The van der Waals surface area contributed by atoms with Crippen LogP contribution in [0, 0.1) is 5.92 Å². The van der Waals surface area contributed by atoms with E-state index in [2.05, 4.69) is 0 Å². The Labute approximate surface area is 132 Å². The van der Waals surface area contributed by atoms with Crippen molar-refractivity contribution in [3.63, 3.8) is 0 Å². The maximum Gasteiger partial charge on any atom is 0.338 e. The van der Waals surface area contributed by atoms with Gasteiger partial charge in [0.2, 0.25) is 0 Å². The quantitative estimate of drug-likeness (QED) is 0.861. The first kappa shape index (κ1) is 15.3. The number of hydrogen-bond donors (Lipinski definition) is 1. The van der Waals surface area contributed by atoms with Gasteiger partial charge in [-0.2, -0.15) is 0 Å². The van der Waals surface area contributed by atoms with Gasteiger partial charge in [-0.05, 0) is 56.4 Å². The van der Waals surface area contributed by atoms with Crippen LogP contribution in [-0.4, -0.2) is 38.8 Å². The van der Waals surface area contributed by atoms with Gasteiger partial charge in [-0.3, -0.25) is 0 Å². The van der Waals surface area contributed by atoms with E-state index in [1.807, 2.05) is 0 Å². The number of hydrogen-bond acceptors (Lipinski definition) is 3. The average Bonchev–Trinajstić information content (AvgIpc) is 2.59. The first-order valence-electron chi connectivity index (χ1n) is 8.43. The molecule has 3 rings (SSSR count). The molecule has 0 radical (unpaired) electrons. The molecule has 4 nitrogen and oxygen atoms in total. The van der Waals surface area contributed by atoms with Gasteiger partial charge in [-0.1, -0.05) is 0 Å². The minimum absolute atomic E-state index is 0.217. The summed E-state index contributed by atoms with van der Waals surface area (Å²) < 4.78 is 10.7. The normalized spacial score (nSPS) is 27.8. The van der Waals surface area contributed by atoms with Crippen molar-refractivity contribution in [1.29, 1.82) is 0 Å². The largest absolute Gasteiger partial charge is 0.497 e. The number of methoxy groups -OCH3 is 1. The number of nitrogens with one attached hydrogen (secondary N) is 1. The number of ether oxygens (including phenoxy) is 2. The molecule has 0 bridgehead atoms. The lowest BCUT2D eigenvalue weighted by Gasteiger charge is -2.40. The summed E-state index contributed by atoms with van der Waals surface area (Å²) >= 11 is 0. The average molecular weight is 304 g/mol. The Morgan fingerprint density at radius 3 is 2.68 bits per heavy atom. The Morgan fingerprint density at radius 2 is 1.91 bits per heavy atom. The molecule has 1 N–H and O–H groups in total. The van der Waals surface area contributed by atoms with Gasteiger partial charge in [-0.15, -0.1) is 0 Å². The Bertz CT molecular complexity index is 498. The fourth-order valence-electron chi connectivity index (χ4n) is 3.97. The van der Waals surface area contributed by atoms with Gasteiger partial charge in [0.15, 0.2) is 0 Å². The molecule has 1 aromatic rings. The molecule has 120 valence electrons. The van der Waals surface area contributed by atoms with Crippen molar-refractivity contribution < 1.29 is 19.2 Å². The summed E-state index contributed by atoms with van der Waals surface area (Å²) in [5.74, 6) is 1.07. The summed E-state index contributed by atoms with van der Waals surface area (Å²) in [7, 11) is 1.62. The van der Waals surface area contributed by atoms with Crippen LogP contribution in [0.4, 0.5) is 0 Å². The van der Waals surface area contributed by atoms with Crippen LogP contribution in [-0.2, 0) is 4.74 Å². The number of carbonyl (C=O) groups excluding carboxylic acids is 1. The molecule has 2 aliphatic rings. The first-order chi connectivity index (χ1) is 10.8. The van der Waals surface area contributed by atoms with E-state index in [4.69, 9.17) is 9.47 Å². The second-order valence-electron chi connectivity index (χ2n) is 6.49. The standard InChI is InChI=1S/C18H25NO3/c1-21-16-9-7-14(8-10-16)18(20)22-13-15-5-4-12-19-11-3-2-6-17(15)19/h7-10,15,17H,2-6,11-13H2,1H3/p+1. The molecule has 1 aromatic carbocycles. The second-order valence-corrected chi connectivity index (χ2v) is 6.49. The molecule has 2 aliphatic heterocycles. The van der Waals surface area contributed by atoms with E-state index in [0.29, 0.717) is 24.1 Å². The summed E-state index contributed by atoms with van der Waals surface area (Å²) in [6.45, 7) is 3.17. The topological polar surface area (TPSA) is 40.0 Å². The predicted octanol–water partition coefficient (Wildman–Crippen LogP) is 1.70. The molecule has 2 heterocycles. The Hall–Kier alpha value is -1.55. The molecule has 2 saturated heterocycles. The zero-order valence-electron chi connectivity index (χ0n) is 13.3. The fourth-order valence-corrected chi connectivity index (χ4v) is 3.97. The number of fused-ring (bicyclic) bond motifs is 1. The lowest BCUT2D eigenvalue weighted by atomic mass is 9.84. The zero-order chi connectivity index (χ0) is 15.4. The van der Waals surface area contributed by atoms with Gasteiger partial charge in [0.1, 0.15) is 12.4 Å². The van der Waals surface area contributed by atoms with Crippen LogP contribution in [0.25, 0.3) is 0 Å². The molecule has 0 amide bonds. The van der Waals surface area contributed by atoms with E-state index in [1.54, 1.807) is 36.3 Å². The van der Waals surface area contributed by atoms with E-state index in [9.17, 15) is 4.79 Å². The zero-order valence-corrected chi connectivity index (χ0v) is 13.3. The molecule has 22 heavy (non-hydrogen) atoms. The van der Waals surface area contributed by atoms with E-state index in [0.717, 1.165) is 5.75 Å². The molecular weight excluding hydrogens is 278 g/mol. The highest BCUT2D eigenvalue weighted by atomic mass is 16.5. The monoisotopic (exact) mass is 304 g/mol. The van der Waals surface area contributed by atoms with Gasteiger partial charge in [0, 0.05) is 5.92 Å². The smallest absolute Gasteiger partial charge is 0.338 e. The third-order valence-electron chi connectivity index (χ3n) is 5.18. The minimum atomic E-state index is -0.217. The Morgan fingerprint density at radius 1 is 1.14 bits per heavy atom. The maximum absolute atomic E-state index is 12.2. The van der Waals surface area contributed by atoms with Gasteiger partial charge >= 0.3 is 5.97 Å². The van der Waals surface area contributed by atoms with Crippen molar-refractivity contribution in [3.05, 3.63) is 29.8 Å². The highest BCUT2D eigenvalue weighted by molar-refractivity contribution is 5.89. The molecule has 2 fully saturated rings. The van der Waals surface area contributed by atoms with E-state index in [1.165, 1.54) is 45.2 Å². The van der Waals surface area contributed by atoms with Crippen LogP contribution < -0.4 is 9.64 Å². The summed E-state index contributed by atoms with van der Waals surface area (Å²) in [6, 6.07) is 7.82. The van der Waals surface area contributed by atoms with Crippen molar-refractivity contribution in [2.75, 3.05) is 26.8 Å². The highest BCUT2D eigenvalue weighted by Crippen LogP contribution is 2.21. The molecular formula is C18H26NO3+. The minimum Gasteiger partial charge on any atom is -0.497 e. The summed E-state index contributed by atoms with van der Waals surface area (Å²) in [4.78, 5) is 13.9. The van der Waals surface area contributed by atoms with Gasteiger partial charge in [0.05, 0.1) is 31.8 Å². The van der Waals surface area contributed by atoms with Crippen LogP contribution >= 0.6 is 0 Å².